The number of hydrogen-bond acceptors (Lipinski definition) is 3. The minimum atomic E-state index is -0.882. The molecule has 15 heavy (non-hydrogen) atoms. The normalized spacial score (nSPS) is 9.87. The first-order chi connectivity index (χ1) is 7.22. The van der Waals surface area contributed by atoms with E-state index >= 15 is 0 Å². The second-order valence-corrected chi connectivity index (χ2v) is 2.56. The van der Waals surface area contributed by atoms with Crippen LogP contribution in [0.3, 0.4) is 0 Å². The zero-order valence-electron chi connectivity index (χ0n) is 8.91. The van der Waals surface area contributed by atoms with Crippen molar-refractivity contribution in [2.24, 2.45) is 0 Å². The zero-order chi connectivity index (χ0) is 11.4. The molecule has 0 radical (unpaired) electrons. The molecule has 1 N–H and O–H groups in total. The summed E-state index contributed by atoms with van der Waals surface area (Å²) in [4.78, 5) is 20.4. The summed E-state index contributed by atoms with van der Waals surface area (Å²) < 4.78 is 14.3. The van der Waals surface area contributed by atoms with Gasteiger partial charge in [-0.2, -0.15) is 9.37 Å². The predicted octanol–water partition coefficient (Wildman–Crippen LogP) is 1.30. The molecule has 0 aliphatic rings. The molecule has 0 atom stereocenters. The number of nitrogens with zero attached hydrogens (tertiary/aromatic N) is 3. The number of imidazole rings is 1. The maximum absolute atomic E-state index is 12.7. The molecule has 0 aromatic carbocycles. The molecule has 82 valence electrons. The third kappa shape index (κ3) is 2.03. The summed E-state index contributed by atoms with van der Waals surface area (Å²) in [6.45, 7) is 6.47. The van der Waals surface area contributed by atoms with Crippen molar-refractivity contribution in [1.82, 2.24) is 19.5 Å². The van der Waals surface area contributed by atoms with Crippen LogP contribution in [-0.2, 0) is 6.54 Å². The van der Waals surface area contributed by atoms with E-state index in [2.05, 4.69) is 9.97 Å². The molecule has 0 aliphatic carbocycles. The Labute approximate surface area is 86.0 Å². The van der Waals surface area contributed by atoms with Gasteiger partial charge in [0.1, 0.15) is 0 Å². The highest BCUT2D eigenvalue weighted by Crippen LogP contribution is 2.03. The van der Waals surface area contributed by atoms with E-state index in [4.69, 9.17) is 0 Å². The van der Waals surface area contributed by atoms with Crippen LogP contribution in [-0.4, -0.2) is 19.5 Å². The van der Waals surface area contributed by atoms with E-state index in [-0.39, 0.29) is 11.2 Å². The molecule has 0 saturated heterocycles. The first-order valence-electron chi connectivity index (χ1n) is 4.83. The molecule has 0 aliphatic heterocycles. The molecule has 2 aromatic heterocycles. The van der Waals surface area contributed by atoms with Crippen LogP contribution in [0.5, 0.6) is 0 Å². The zero-order valence-corrected chi connectivity index (χ0v) is 8.91. The highest BCUT2D eigenvalue weighted by atomic mass is 19.1. The number of rotatable bonds is 1. The first kappa shape index (κ1) is 11.4. The van der Waals surface area contributed by atoms with Crippen molar-refractivity contribution in [3.8, 4) is 0 Å². The van der Waals surface area contributed by atoms with Gasteiger partial charge >= 0.3 is 0 Å². The summed E-state index contributed by atoms with van der Waals surface area (Å²) in [5, 5.41) is 0. The molecular weight excluding hydrogens is 199 g/mol. The van der Waals surface area contributed by atoms with Crippen molar-refractivity contribution >= 4 is 11.2 Å². The van der Waals surface area contributed by atoms with Crippen LogP contribution >= 0.6 is 0 Å². The summed E-state index contributed by atoms with van der Waals surface area (Å²) in [7, 11) is 0. The lowest BCUT2D eigenvalue weighted by Crippen LogP contribution is -2.11. The van der Waals surface area contributed by atoms with Crippen LogP contribution < -0.4 is 5.56 Å². The summed E-state index contributed by atoms with van der Waals surface area (Å²) in [5.74, 6) is 0. The number of hydrogen-bond donors (Lipinski definition) is 1. The van der Waals surface area contributed by atoms with Gasteiger partial charge in [0, 0.05) is 6.54 Å². The van der Waals surface area contributed by atoms with Gasteiger partial charge in [0.2, 0.25) is 0 Å². The van der Waals surface area contributed by atoms with Gasteiger partial charge in [0.15, 0.2) is 11.2 Å². The molecule has 0 fully saturated rings. The van der Waals surface area contributed by atoms with Gasteiger partial charge in [-0.15, -0.1) is 0 Å². The van der Waals surface area contributed by atoms with Crippen LogP contribution in [0.2, 0.25) is 0 Å². The topological polar surface area (TPSA) is 63.6 Å². The van der Waals surface area contributed by atoms with E-state index in [1.54, 1.807) is 4.57 Å². The number of nitrogens with one attached hydrogen (secondary N) is 1. The van der Waals surface area contributed by atoms with Gasteiger partial charge in [-0.25, -0.2) is 4.98 Å². The van der Waals surface area contributed by atoms with Crippen molar-refractivity contribution in [2.75, 3.05) is 0 Å². The van der Waals surface area contributed by atoms with E-state index in [0.29, 0.717) is 6.54 Å². The molecule has 0 saturated carbocycles. The molecule has 0 amide bonds. The average Bonchev–Trinajstić information content (AvgIpc) is 2.64. The van der Waals surface area contributed by atoms with Crippen molar-refractivity contribution < 1.29 is 4.39 Å². The van der Waals surface area contributed by atoms with E-state index in [0.717, 1.165) is 0 Å². The van der Waals surface area contributed by atoms with Crippen molar-refractivity contribution in [2.45, 2.75) is 27.3 Å². The van der Waals surface area contributed by atoms with Gasteiger partial charge in [-0.3, -0.25) is 9.78 Å². The Balaban J connectivity index is 0.000000531. The van der Waals surface area contributed by atoms with E-state index in [1.165, 1.54) is 6.33 Å². The number of halogens is 1. The monoisotopic (exact) mass is 212 g/mol. The standard InChI is InChI=1S/C7H7FN4O.C2H6/c1-2-12-3-9-4-5(12)10-7(8)11-6(4)13;1-2/h3H,2H2,1H3,(H,10,11,13);1-2H3. The molecular formula is C9H13FN4O. The maximum Gasteiger partial charge on any atom is 0.291 e. The molecule has 2 heterocycles. The quantitative estimate of drug-likeness (QED) is 0.725. The first-order valence-corrected chi connectivity index (χ1v) is 4.83. The fourth-order valence-corrected chi connectivity index (χ4v) is 1.16. The molecule has 2 rings (SSSR count). The molecule has 0 spiro atoms. The summed E-state index contributed by atoms with van der Waals surface area (Å²) in [6, 6.07) is 0. The Kier molecular flexibility index (Phi) is 3.54. The Morgan fingerprint density at radius 3 is 2.80 bits per heavy atom. The second kappa shape index (κ2) is 4.68. The van der Waals surface area contributed by atoms with Crippen LogP contribution in [0, 0.1) is 6.08 Å². The third-order valence-electron chi connectivity index (χ3n) is 1.79. The largest absolute Gasteiger partial charge is 0.315 e. The fraction of sp³-hybridized carbons (Fsp3) is 0.444. The molecule has 2 aromatic rings. The Bertz CT molecular complexity index is 502. The predicted molar refractivity (Wildman–Crippen MR) is 55.1 cm³/mol. The van der Waals surface area contributed by atoms with Gasteiger partial charge < -0.3 is 4.57 Å². The number of H-pyrrole nitrogens is 1. The Hall–Kier alpha value is -1.72. The maximum atomic E-state index is 12.7. The minimum absolute atomic E-state index is 0.170. The highest BCUT2D eigenvalue weighted by Gasteiger charge is 2.08. The van der Waals surface area contributed by atoms with Crippen molar-refractivity contribution in [3.05, 3.63) is 22.8 Å². The van der Waals surface area contributed by atoms with Gasteiger partial charge in [-0.1, -0.05) is 13.8 Å². The Morgan fingerprint density at radius 1 is 1.53 bits per heavy atom. The van der Waals surface area contributed by atoms with E-state index in [9.17, 15) is 9.18 Å². The molecule has 0 bridgehead atoms. The Morgan fingerprint density at radius 2 is 2.20 bits per heavy atom. The lowest BCUT2D eigenvalue weighted by Gasteiger charge is -1.95. The number of fused-ring (bicyclic) bond motifs is 1. The van der Waals surface area contributed by atoms with Crippen LogP contribution in [0.15, 0.2) is 11.1 Å². The van der Waals surface area contributed by atoms with E-state index in [1.807, 2.05) is 25.8 Å². The number of aromatic nitrogens is 4. The summed E-state index contributed by atoms with van der Waals surface area (Å²) in [5.41, 5.74) is -0.0956. The summed E-state index contributed by atoms with van der Waals surface area (Å²) in [6.07, 6.45) is 0.583. The fourth-order valence-electron chi connectivity index (χ4n) is 1.16. The SMILES string of the molecule is CC.CCn1cnc2c(=O)[nH]c(F)nc21. The van der Waals surface area contributed by atoms with Crippen LogP contribution in [0.25, 0.3) is 11.2 Å². The number of aromatic amines is 1. The lowest BCUT2D eigenvalue weighted by molar-refractivity contribution is 0.537. The van der Waals surface area contributed by atoms with E-state index < -0.39 is 11.6 Å². The van der Waals surface area contributed by atoms with Crippen molar-refractivity contribution in [3.63, 3.8) is 0 Å². The van der Waals surface area contributed by atoms with Crippen molar-refractivity contribution in [1.29, 1.82) is 0 Å². The van der Waals surface area contributed by atoms with Gasteiger partial charge in [0.25, 0.3) is 11.6 Å². The summed E-state index contributed by atoms with van der Waals surface area (Å²) >= 11 is 0. The van der Waals surface area contributed by atoms with Crippen LogP contribution in [0.1, 0.15) is 20.8 Å². The number of aryl methyl sites for hydroxylation is 1. The second-order valence-electron chi connectivity index (χ2n) is 2.56. The van der Waals surface area contributed by atoms with Gasteiger partial charge in [-0.05, 0) is 6.92 Å². The highest BCUT2D eigenvalue weighted by molar-refractivity contribution is 5.68. The molecule has 0 unspecified atom stereocenters. The molecule has 6 heteroatoms. The third-order valence-corrected chi connectivity index (χ3v) is 1.79. The van der Waals surface area contributed by atoms with Gasteiger partial charge in [0.05, 0.1) is 6.33 Å². The lowest BCUT2D eigenvalue weighted by atomic mass is 10.5. The molecule has 5 nitrogen and oxygen atoms in total. The van der Waals surface area contributed by atoms with Crippen LogP contribution in [0.4, 0.5) is 4.39 Å². The average molecular weight is 212 g/mol. The smallest absolute Gasteiger partial charge is 0.291 e. The minimum Gasteiger partial charge on any atom is -0.315 e.